The maximum absolute atomic E-state index is 15.1. The number of sulfonamides is 1. The smallest absolute Gasteiger partial charge is 0.232 e. The summed E-state index contributed by atoms with van der Waals surface area (Å²) in [4.78, 5) is 16.7. The Morgan fingerprint density at radius 2 is 1.79 bits per heavy atom. The van der Waals surface area contributed by atoms with Gasteiger partial charge in [-0.05, 0) is 49.4 Å². The number of para-hydroxylation sites is 1. The van der Waals surface area contributed by atoms with Crippen molar-refractivity contribution in [3.05, 3.63) is 60.0 Å². The van der Waals surface area contributed by atoms with Crippen molar-refractivity contribution in [2.75, 3.05) is 65.9 Å². The van der Waals surface area contributed by atoms with Crippen LogP contribution in [0.15, 0.2) is 48.7 Å². The third-order valence-corrected chi connectivity index (χ3v) is 8.26. The van der Waals surface area contributed by atoms with Crippen molar-refractivity contribution in [2.24, 2.45) is 0 Å². The van der Waals surface area contributed by atoms with Crippen molar-refractivity contribution in [2.45, 2.75) is 6.42 Å². The van der Waals surface area contributed by atoms with Gasteiger partial charge in [0.2, 0.25) is 16.0 Å². The number of aromatic nitrogens is 3. The van der Waals surface area contributed by atoms with Crippen LogP contribution in [0.4, 0.5) is 38.9 Å². The second-order valence-corrected chi connectivity index (χ2v) is 11.6. The van der Waals surface area contributed by atoms with Crippen LogP contribution in [0.1, 0.15) is 5.56 Å². The van der Waals surface area contributed by atoms with E-state index in [4.69, 9.17) is 0 Å². The van der Waals surface area contributed by atoms with Gasteiger partial charge in [-0.15, -0.1) is 0 Å². The first-order valence-electron chi connectivity index (χ1n) is 12.5. The minimum Gasteiger partial charge on any atom is -0.369 e. The largest absolute Gasteiger partial charge is 0.369 e. The highest BCUT2D eigenvalue weighted by Crippen LogP contribution is 2.39. The highest BCUT2D eigenvalue weighted by Gasteiger charge is 2.29. The number of benzene rings is 2. The molecule has 2 aliphatic heterocycles. The maximum Gasteiger partial charge on any atom is 0.232 e. The Morgan fingerprint density at radius 3 is 2.55 bits per heavy atom. The minimum atomic E-state index is -3.44. The van der Waals surface area contributed by atoms with Gasteiger partial charge < -0.3 is 25.4 Å². The summed E-state index contributed by atoms with van der Waals surface area (Å²) in [7, 11) is -1.35. The number of rotatable bonds is 6. The summed E-state index contributed by atoms with van der Waals surface area (Å²) in [5.74, 6) is 0.291. The van der Waals surface area contributed by atoms with Crippen molar-refractivity contribution in [3.63, 3.8) is 0 Å². The number of likely N-dealkylation sites (N-methyl/N-ethyl adjacent to an activating group) is 1. The monoisotopic (exact) mass is 536 g/mol. The third-order valence-electron chi connectivity index (χ3n) is 7.09. The molecule has 0 saturated carbocycles. The maximum atomic E-state index is 15.1. The molecular weight excluding hydrogens is 507 g/mol. The zero-order valence-electron chi connectivity index (χ0n) is 21.2. The number of H-pyrrole nitrogens is 1. The van der Waals surface area contributed by atoms with Gasteiger partial charge in [0.05, 0.1) is 28.7 Å². The molecule has 0 radical (unpaired) electrons. The summed E-state index contributed by atoms with van der Waals surface area (Å²) in [6.07, 6.45) is 3.59. The van der Waals surface area contributed by atoms with Gasteiger partial charge in [-0.2, -0.15) is 9.97 Å². The molecule has 4 aromatic rings. The fourth-order valence-corrected chi connectivity index (χ4v) is 6.03. The van der Waals surface area contributed by atoms with Crippen LogP contribution in [0, 0.1) is 5.82 Å². The molecule has 0 amide bonds. The van der Waals surface area contributed by atoms with E-state index >= 15 is 4.39 Å². The summed E-state index contributed by atoms with van der Waals surface area (Å²) in [6, 6.07) is 12.6. The van der Waals surface area contributed by atoms with E-state index < -0.39 is 15.8 Å². The Balaban J connectivity index is 1.30. The molecular formula is C26H29FN8O2S. The van der Waals surface area contributed by atoms with E-state index in [1.165, 1.54) is 16.6 Å². The average Bonchev–Trinajstić information content (AvgIpc) is 3.54. The molecule has 3 N–H and O–H groups in total. The number of hydrogen-bond acceptors (Lipinski definition) is 8. The molecule has 2 aliphatic rings. The number of hydrogen-bond donors (Lipinski definition) is 3. The molecule has 0 spiro atoms. The van der Waals surface area contributed by atoms with E-state index in [0.717, 1.165) is 42.8 Å². The molecule has 2 aromatic heterocycles. The standard InChI is InChI=1S/C26H29FN8O2S/c1-33-12-14-34(15-13-33)18-6-7-21(20(27)16-18)30-26-31-24-19(8-10-28-24)25(32-26)29-22-5-3-4-17-9-11-35(23(17)22)38(2,36)37/h3-8,10,16H,9,11-15H2,1-2H3,(H3,28,29,30,31,32). The Morgan fingerprint density at radius 1 is 0.974 bits per heavy atom. The number of piperazine rings is 1. The van der Waals surface area contributed by atoms with Crippen LogP contribution in [0.25, 0.3) is 11.0 Å². The summed E-state index contributed by atoms with van der Waals surface area (Å²) in [5.41, 5.74) is 3.87. The lowest BCUT2D eigenvalue weighted by Crippen LogP contribution is -2.44. The van der Waals surface area contributed by atoms with Gasteiger partial charge in [0.1, 0.15) is 17.3 Å². The summed E-state index contributed by atoms with van der Waals surface area (Å²) in [5, 5.41) is 7.05. The lowest BCUT2D eigenvalue weighted by atomic mass is 10.1. The number of fused-ring (bicyclic) bond motifs is 2. The quantitative estimate of drug-likeness (QED) is 0.343. The van der Waals surface area contributed by atoms with Gasteiger partial charge in [-0.25, -0.2) is 12.8 Å². The minimum absolute atomic E-state index is 0.209. The van der Waals surface area contributed by atoms with Crippen LogP contribution >= 0.6 is 0 Å². The van der Waals surface area contributed by atoms with Crippen LogP contribution in [0.2, 0.25) is 0 Å². The number of halogens is 1. The molecule has 0 bridgehead atoms. The average molecular weight is 537 g/mol. The zero-order valence-corrected chi connectivity index (χ0v) is 22.0. The number of anilines is 6. The molecule has 1 saturated heterocycles. The first-order valence-corrected chi connectivity index (χ1v) is 14.3. The molecule has 38 heavy (non-hydrogen) atoms. The van der Waals surface area contributed by atoms with Gasteiger partial charge in [0, 0.05) is 44.6 Å². The molecule has 12 heteroatoms. The van der Waals surface area contributed by atoms with Gasteiger partial charge >= 0.3 is 0 Å². The fraction of sp³-hybridized carbons (Fsp3) is 0.308. The highest BCUT2D eigenvalue weighted by atomic mass is 32.2. The van der Waals surface area contributed by atoms with E-state index in [9.17, 15) is 8.42 Å². The predicted octanol–water partition coefficient (Wildman–Crippen LogP) is 3.66. The number of nitrogens with zero attached hydrogens (tertiary/aromatic N) is 5. The second kappa shape index (κ2) is 9.44. The normalized spacial score (nSPS) is 16.2. The highest BCUT2D eigenvalue weighted by molar-refractivity contribution is 7.92. The lowest BCUT2D eigenvalue weighted by molar-refractivity contribution is 0.313. The molecule has 6 rings (SSSR count). The molecule has 2 aromatic carbocycles. The Bertz CT molecular complexity index is 1620. The Kier molecular flexibility index (Phi) is 6.07. The molecule has 0 atom stereocenters. The second-order valence-electron chi connectivity index (χ2n) is 9.74. The van der Waals surface area contributed by atoms with Crippen molar-refractivity contribution < 1.29 is 12.8 Å². The number of aromatic amines is 1. The van der Waals surface area contributed by atoms with Crippen molar-refractivity contribution in [3.8, 4) is 0 Å². The molecule has 1 fully saturated rings. The Hall–Kier alpha value is -3.90. The van der Waals surface area contributed by atoms with Crippen molar-refractivity contribution in [1.29, 1.82) is 0 Å². The van der Waals surface area contributed by atoms with E-state index in [1.54, 1.807) is 12.3 Å². The van der Waals surface area contributed by atoms with Crippen molar-refractivity contribution >= 4 is 55.6 Å². The van der Waals surface area contributed by atoms with Gasteiger partial charge in [0.15, 0.2) is 0 Å². The SMILES string of the molecule is CN1CCN(c2ccc(Nc3nc(Nc4cccc5c4N(S(C)(=O)=O)CC5)c4cc[nH]c4n3)c(F)c2)CC1. The molecule has 0 unspecified atom stereocenters. The van der Waals surface area contributed by atoms with Gasteiger partial charge in [-0.1, -0.05) is 12.1 Å². The summed E-state index contributed by atoms with van der Waals surface area (Å²) < 4.78 is 41.4. The van der Waals surface area contributed by atoms with Crippen LogP contribution in [0.3, 0.4) is 0 Å². The van der Waals surface area contributed by atoms with Crippen LogP contribution < -0.4 is 19.8 Å². The Labute approximate surface area is 220 Å². The van der Waals surface area contributed by atoms with Crippen LogP contribution in [0.5, 0.6) is 0 Å². The molecule has 10 nitrogen and oxygen atoms in total. The van der Waals surface area contributed by atoms with Crippen LogP contribution in [-0.4, -0.2) is 74.3 Å². The van der Waals surface area contributed by atoms with E-state index in [1.807, 2.05) is 30.3 Å². The first kappa shape index (κ1) is 24.4. The van der Waals surface area contributed by atoms with Gasteiger partial charge in [-0.3, -0.25) is 4.31 Å². The topological polar surface area (TPSA) is 109 Å². The number of nitrogens with one attached hydrogen (secondary N) is 3. The summed E-state index contributed by atoms with van der Waals surface area (Å²) >= 11 is 0. The van der Waals surface area contributed by atoms with E-state index in [0.29, 0.717) is 35.8 Å². The van der Waals surface area contributed by atoms with E-state index in [2.05, 4.69) is 42.4 Å². The lowest BCUT2D eigenvalue weighted by Gasteiger charge is -2.34. The predicted molar refractivity (Wildman–Crippen MR) is 149 cm³/mol. The first-order chi connectivity index (χ1) is 18.3. The summed E-state index contributed by atoms with van der Waals surface area (Å²) in [6.45, 7) is 3.98. The van der Waals surface area contributed by atoms with E-state index in [-0.39, 0.29) is 11.6 Å². The molecule has 0 aliphatic carbocycles. The molecule has 4 heterocycles. The van der Waals surface area contributed by atoms with Crippen LogP contribution in [-0.2, 0) is 16.4 Å². The third kappa shape index (κ3) is 4.61. The van der Waals surface area contributed by atoms with Crippen molar-refractivity contribution in [1.82, 2.24) is 19.9 Å². The zero-order chi connectivity index (χ0) is 26.4. The fourth-order valence-electron chi connectivity index (χ4n) is 5.06. The van der Waals surface area contributed by atoms with Gasteiger partial charge in [0.25, 0.3) is 0 Å². The molecule has 198 valence electrons.